The second-order valence-corrected chi connectivity index (χ2v) is 0.739. The molecule has 0 unspecified atom stereocenters. The Hall–Kier alpha value is -0.120. The fraction of sp³-hybridized carbons (Fsp3) is 0.500. The van der Waals surface area contributed by atoms with Crippen LogP contribution in [-0.4, -0.2) is 12.1 Å². The SMILES string of the molecule is [CH2]N(C)[N][O-]. The van der Waals surface area contributed by atoms with Crippen molar-refractivity contribution in [1.29, 1.82) is 0 Å². The first-order valence-corrected chi connectivity index (χ1v) is 1.15. The van der Waals surface area contributed by atoms with E-state index in [1.807, 2.05) is 0 Å². The van der Waals surface area contributed by atoms with Gasteiger partial charge in [0.05, 0.1) is 0 Å². The number of hydrogen-bond donors (Lipinski definition) is 0. The van der Waals surface area contributed by atoms with Gasteiger partial charge in [-0.2, -0.15) is 0 Å². The summed E-state index contributed by atoms with van der Waals surface area (Å²) in [5.74, 6) is 0. The lowest BCUT2D eigenvalue weighted by atomic mass is 11.2. The van der Waals surface area contributed by atoms with E-state index < -0.39 is 0 Å². The van der Waals surface area contributed by atoms with Crippen molar-refractivity contribution in [2.75, 3.05) is 7.05 Å². The van der Waals surface area contributed by atoms with Crippen molar-refractivity contribution in [3.63, 3.8) is 0 Å². The normalized spacial score (nSPS) is 9.60. The van der Waals surface area contributed by atoms with Gasteiger partial charge in [0.1, 0.15) is 0 Å². The van der Waals surface area contributed by atoms with Gasteiger partial charge < -0.3 is 5.21 Å². The molecule has 30 valence electrons. The van der Waals surface area contributed by atoms with Gasteiger partial charge in [-0.3, -0.25) is 0 Å². The van der Waals surface area contributed by atoms with E-state index in [0.717, 1.165) is 5.01 Å². The number of nitrogens with zero attached hydrogens (tertiary/aromatic N) is 2. The summed E-state index contributed by atoms with van der Waals surface area (Å²) in [6.07, 6.45) is 0. The summed E-state index contributed by atoms with van der Waals surface area (Å²) in [6.45, 7) is 0. The second kappa shape index (κ2) is 2.14. The van der Waals surface area contributed by atoms with Crippen LogP contribution in [0.2, 0.25) is 0 Å². The van der Waals surface area contributed by atoms with Crippen LogP contribution >= 0.6 is 0 Å². The van der Waals surface area contributed by atoms with Crippen molar-refractivity contribution in [2.45, 2.75) is 0 Å². The maximum Gasteiger partial charge on any atom is 0.0275 e. The Morgan fingerprint density at radius 1 is 2.00 bits per heavy atom. The zero-order valence-corrected chi connectivity index (χ0v) is 3.01. The Labute approximate surface area is 31.1 Å². The van der Waals surface area contributed by atoms with E-state index in [1.165, 1.54) is 7.05 Å². The Balaban J connectivity index is 2.54. The summed E-state index contributed by atoms with van der Waals surface area (Å²) in [7, 11) is 4.58. The van der Waals surface area contributed by atoms with Crippen LogP contribution in [0.25, 0.3) is 0 Å². The predicted octanol–water partition coefficient (Wildman–Crippen LogP) is -0.273. The molecule has 0 amide bonds. The van der Waals surface area contributed by atoms with E-state index in [9.17, 15) is 0 Å². The molecule has 0 aromatic carbocycles. The molecule has 0 aliphatic rings. The molecule has 0 aromatic rings. The molecule has 2 radical (unpaired) electrons. The molecule has 0 N–H and O–H groups in total. The van der Waals surface area contributed by atoms with E-state index in [4.69, 9.17) is 5.21 Å². The molecular weight excluding hydrogens is 68.0 g/mol. The molecule has 0 heterocycles. The van der Waals surface area contributed by atoms with Crippen LogP contribution < -0.4 is 5.59 Å². The second-order valence-electron chi connectivity index (χ2n) is 0.739. The van der Waals surface area contributed by atoms with E-state index >= 15 is 0 Å². The Morgan fingerprint density at radius 3 is 2.20 bits per heavy atom. The van der Waals surface area contributed by atoms with Crippen LogP contribution in [0.1, 0.15) is 0 Å². The zero-order chi connectivity index (χ0) is 4.28. The molecule has 0 aromatic heterocycles. The summed E-state index contributed by atoms with van der Waals surface area (Å²) in [5.41, 5.74) is 2.36. The topological polar surface area (TPSA) is 40.4 Å². The quantitative estimate of drug-likeness (QED) is 0.401. The van der Waals surface area contributed by atoms with Crippen molar-refractivity contribution in [3.8, 4) is 0 Å². The smallest absolute Gasteiger partial charge is 0.0275 e. The minimum atomic E-state index is 0.944. The molecule has 0 spiro atoms. The average Bonchev–Trinajstić information content (AvgIpc) is 1.38. The van der Waals surface area contributed by atoms with Crippen molar-refractivity contribution >= 4 is 0 Å². The molecule has 0 saturated carbocycles. The zero-order valence-electron chi connectivity index (χ0n) is 3.01. The molecule has 3 nitrogen and oxygen atoms in total. The first-order valence-electron chi connectivity index (χ1n) is 1.15. The lowest BCUT2D eigenvalue weighted by Gasteiger charge is -2.09. The van der Waals surface area contributed by atoms with Crippen LogP contribution in [0.4, 0.5) is 0 Å². The van der Waals surface area contributed by atoms with Crippen LogP contribution in [0.5, 0.6) is 0 Å². The van der Waals surface area contributed by atoms with E-state index in [1.54, 1.807) is 0 Å². The maximum absolute atomic E-state index is 9.12. The van der Waals surface area contributed by atoms with Crippen molar-refractivity contribution in [2.24, 2.45) is 0 Å². The van der Waals surface area contributed by atoms with Gasteiger partial charge in [-0.25, -0.2) is 10.6 Å². The highest BCUT2D eigenvalue weighted by Gasteiger charge is 1.65. The monoisotopic (exact) mass is 73.0 g/mol. The Morgan fingerprint density at radius 2 is 2.20 bits per heavy atom. The summed E-state index contributed by atoms with van der Waals surface area (Å²) < 4.78 is 0. The fourth-order valence-electron chi connectivity index (χ4n) is 0. The summed E-state index contributed by atoms with van der Waals surface area (Å²) in [4.78, 5) is 0. The first kappa shape index (κ1) is 4.88. The Kier molecular flexibility index (Phi) is 2.09. The summed E-state index contributed by atoms with van der Waals surface area (Å²) in [5, 5.41) is 10.1. The van der Waals surface area contributed by atoms with Gasteiger partial charge in [-0.15, -0.1) is 0 Å². The molecule has 0 bridgehead atoms. The molecule has 0 saturated heterocycles. The third kappa shape index (κ3) is 3.88. The lowest BCUT2D eigenvalue weighted by Crippen LogP contribution is -2.13. The minimum Gasteiger partial charge on any atom is -0.757 e. The highest BCUT2D eigenvalue weighted by atomic mass is 16.5. The average molecular weight is 73.1 g/mol. The molecule has 0 aliphatic heterocycles. The van der Waals surface area contributed by atoms with Gasteiger partial charge in [-0.05, 0) is 0 Å². The van der Waals surface area contributed by atoms with Crippen LogP contribution in [-0.2, 0) is 0 Å². The molecular formula is C2H5N2O-. The minimum absolute atomic E-state index is 0.944. The summed E-state index contributed by atoms with van der Waals surface area (Å²) in [6, 6.07) is 0. The first-order chi connectivity index (χ1) is 2.27. The lowest BCUT2D eigenvalue weighted by molar-refractivity contribution is 0.372. The number of rotatable bonds is 1. The molecule has 5 heavy (non-hydrogen) atoms. The van der Waals surface area contributed by atoms with Gasteiger partial charge in [0.15, 0.2) is 0 Å². The molecule has 0 fully saturated rings. The highest BCUT2D eigenvalue weighted by Crippen LogP contribution is 1.60. The van der Waals surface area contributed by atoms with Crippen LogP contribution in [0.15, 0.2) is 0 Å². The summed E-state index contributed by atoms with van der Waals surface area (Å²) >= 11 is 0. The van der Waals surface area contributed by atoms with E-state index in [2.05, 4.69) is 12.6 Å². The van der Waals surface area contributed by atoms with Gasteiger partial charge in [-0.1, -0.05) is 0 Å². The maximum atomic E-state index is 9.12. The molecule has 3 heteroatoms. The molecule has 0 aliphatic carbocycles. The molecule has 0 rings (SSSR count). The largest absolute Gasteiger partial charge is 0.757 e. The Bertz CT molecular complexity index is 21.6. The fourth-order valence-corrected chi connectivity index (χ4v) is 0. The third-order valence-electron chi connectivity index (χ3n) is 0.139. The van der Waals surface area contributed by atoms with E-state index in [-0.39, 0.29) is 0 Å². The number of hydrogen-bond acceptors (Lipinski definition) is 2. The predicted molar refractivity (Wildman–Crippen MR) is 18.6 cm³/mol. The van der Waals surface area contributed by atoms with Crippen molar-refractivity contribution in [3.05, 3.63) is 12.3 Å². The van der Waals surface area contributed by atoms with Gasteiger partial charge in [0, 0.05) is 14.1 Å². The van der Waals surface area contributed by atoms with E-state index in [0.29, 0.717) is 0 Å². The standard InChI is InChI=1S/C2H5N2O/c1-4(2)3-5/h1H2,2H3/q-1. The van der Waals surface area contributed by atoms with Gasteiger partial charge in [0.25, 0.3) is 0 Å². The van der Waals surface area contributed by atoms with Crippen LogP contribution in [0, 0.1) is 12.3 Å². The van der Waals surface area contributed by atoms with Crippen LogP contribution in [0.3, 0.4) is 0 Å². The van der Waals surface area contributed by atoms with Crippen molar-refractivity contribution < 1.29 is 0 Å². The van der Waals surface area contributed by atoms with Gasteiger partial charge in [0.2, 0.25) is 0 Å². The molecule has 0 atom stereocenters. The third-order valence-corrected chi connectivity index (χ3v) is 0.139. The highest BCUT2D eigenvalue weighted by molar-refractivity contribution is 4.31. The van der Waals surface area contributed by atoms with Crippen molar-refractivity contribution in [1.82, 2.24) is 10.6 Å². The van der Waals surface area contributed by atoms with Gasteiger partial charge >= 0.3 is 0 Å².